The van der Waals surface area contributed by atoms with E-state index in [-0.39, 0.29) is 0 Å². The summed E-state index contributed by atoms with van der Waals surface area (Å²) in [5, 5.41) is 0. The van der Waals surface area contributed by atoms with E-state index >= 15 is 0 Å². The van der Waals surface area contributed by atoms with Crippen LogP contribution < -0.4 is 0 Å². The van der Waals surface area contributed by atoms with Crippen LogP contribution in [0.15, 0.2) is 36.4 Å². The number of carbonyl (C=O) groups excluding carboxylic acids is 4. The Morgan fingerprint density at radius 3 is 1.59 bits per heavy atom. The molecular weight excluding hydrogens is 380 g/mol. The van der Waals surface area contributed by atoms with E-state index in [4.69, 9.17) is 18.9 Å². The molecule has 0 radical (unpaired) electrons. The number of cyclic esters (lactones) is 2. The van der Waals surface area contributed by atoms with Gasteiger partial charge in [0, 0.05) is 25.0 Å². The number of rotatable bonds is 4. The van der Waals surface area contributed by atoms with Gasteiger partial charge in [0.15, 0.2) is 0 Å². The van der Waals surface area contributed by atoms with Crippen LogP contribution in [0.3, 0.4) is 0 Å². The largest absolute Gasteiger partial charge is 0.421 e. The third kappa shape index (κ3) is 3.56. The Balaban J connectivity index is 1.61. The molecule has 2 aromatic rings. The van der Waals surface area contributed by atoms with E-state index in [1.807, 2.05) is 0 Å². The number of carbonyl (C=O) groups is 4. The maximum atomic E-state index is 11.9. The Morgan fingerprint density at radius 2 is 1.21 bits per heavy atom. The van der Waals surface area contributed by atoms with E-state index in [0.717, 1.165) is 11.1 Å². The summed E-state index contributed by atoms with van der Waals surface area (Å²) in [5.41, 5.74) is 3.35. The Hall–Kier alpha value is -3.68. The third-order valence-corrected chi connectivity index (χ3v) is 4.56. The summed E-state index contributed by atoms with van der Waals surface area (Å²) in [6, 6.07) is 10.3. The fraction of sp³-hybridized carbons (Fsp3) is 0.238. The van der Waals surface area contributed by atoms with Crippen LogP contribution in [-0.2, 0) is 35.0 Å². The lowest BCUT2D eigenvalue weighted by Gasteiger charge is -2.12. The van der Waals surface area contributed by atoms with Crippen LogP contribution in [-0.4, -0.2) is 23.9 Å². The summed E-state index contributed by atoms with van der Waals surface area (Å²) in [7, 11) is 0. The highest BCUT2D eigenvalue weighted by Gasteiger charge is 2.35. The molecule has 0 saturated heterocycles. The van der Waals surface area contributed by atoms with Crippen LogP contribution in [0.5, 0.6) is 0 Å². The van der Waals surface area contributed by atoms with Crippen molar-refractivity contribution in [1.29, 1.82) is 0 Å². The first-order valence-corrected chi connectivity index (χ1v) is 8.84. The molecule has 0 spiro atoms. The van der Waals surface area contributed by atoms with Crippen molar-refractivity contribution in [3.8, 4) is 0 Å². The zero-order chi connectivity index (χ0) is 20.7. The smallest absolute Gasteiger partial charge is 0.342 e. The first kappa shape index (κ1) is 18.7. The highest BCUT2D eigenvalue weighted by Crippen LogP contribution is 2.35. The van der Waals surface area contributed by atoms with E-state index < -0.39 is 36.5 Å². The van der Waals surface area contributed by atoms with Crippen LogP contribution in [0.25, 0.3) is 0 Å². The van der Waals surface area contributed by atoms with Gasteiger partial charge < -0.3 is 18.9 Å². The van der Waals surface area contributed by atoms with Gasteiger partial charge in [-0.3, -0.25) is 9.59 Å². The summed E-state index contributed by atoms with van der Waals surface area (Å²) in [4.78, 5) is 46.3. The van der Waals surface area contributed by atoms with E-state index in [0.29, 0.717) is 28.7 Å². The molecule has 8 nitrogen and oxygen atoms in total. The van der Waals surface area contributed by atoms with Crippen molar-refractivity contribution in [2.24, 2.45) is 0 Å². The van der Waals surface area contributed by atoms with Crippen molar-refractivity contribution in [2.75, 3.05) is 0 Å². The first-order valence-electron chi connectivity index (χ1n) is 8.84. The summed E-state index contributed by atoms with van der Waals surface area (Å²) < 4.78 is 20.3. The molecule has 0 bridgehead atoms. The SMILES string of the molecule is CC(=O)OC1OC(=O)c2ccc(Cc3ccc4c(c3)C(OC(C)=O)OC4=O)cc21. The van der Waals surface area contributed by atoms with Gasteiger partial charge in [-0.25, -0.2) is 9.59 Å². The van der Waals surface area contributed by atoms with Gasteiger partial charge in [-0.1, -0.05) is 12.1 Å². The highest BCUT2D eigenvalue weighted by atomic mass is 16.7. The van der Waals surface area contributed by atoms with E-state index in [2.05, 4.69) is 0 Å². The number of ether oxygens (including phenoxy) is 4. The van der Waals surface area contributed by atoms with Crippen LogP contribution in [0.2, 0.25) is 0 Å². The quantitative estimate of drug-likeness (QED) is 0.727. The van der Waals surface area contributed by atoms with Crippen molar-refractivity contribution in [3.63, 3.8) is 0 Å². The average molecular weight is 396 g/mol. The second-order valence-corrected chi connectivity index (χ2v) is 6.71. The van der Waals surface area contributed by atoms with Gasteiger partial charge in [-0.05, 0) is 41.8 Å². The number of fused-ring (bicyclic) bond motifs is 2. The highest BCUT2D eigenvalue weighted by molar-refractivity contribution is 5.95. The topological polar surface area (TPSA) is 105 Å². The zero-order valence-corrected chi connectivity index (χ0v) is 15.6. The molecule has 0 N–H and O–H groups in total. The molecule has 0 saturated carbocycles. The van der Waals surface area contributed by atoms with Gasteiger partial charge in [0.05, 0.1) is 11.1 Å². The van der Waals surface area contributed by atoms with Crippen molar-refractivity contribution < 1.29 is 38.1 Å². The molecule has 0 amide bonds. The number of hydrogen-bond acceptors (Lipinski definition) is 8. The van der Waals surface area contributed by atoms with Gasteiger partial charge in [0.25, 0.3) is 12.6 Å². The Kier molecular flexibility index (Phi) is 4.54. The molecule has 0 aliphatic carbocycles. The minimum Gasteiger partial charge on any atom is -0.421 e. The molecule has 2 aromatic carbocycles. The summed E-state index contributed by atoms with van der Waals surface area (Å²) in [5.74, 6) is -2.20. The predicted molar refractivity (Wildman–Crippen MR) is 95.5 cm³/mol. The van der Waals surface area contributed by atoms with Crippen molar-refractivity contribution in [3.05, 3.63) is 69.8 Å². The number of hydrogen-bond donors (Lipinski definition) is 0. The number of benzene rings is 2. The maximum absolute atomic E-state index is 11.9. The summed E-state index contributed by atoms with van der Waals surface area (Å²) in [6.45, 7) is 2.48. The van der Waals surface area contributed by atoms with Crippen molar-refractivity contribution in [2.45, 2.75) is 32.8 Å². The average Bonchev–Trinajstić information content (AvgIpc) is 3.11. The molecular formula is C21H16O8. The van der Waals surface area contributed by atoms with Gasteiger partial charge in [-0.2, -0.15) is 0 Å². The molecule has 4 rings (SSSR count). The lowest BCUT2D eigenvalue weighted by Crippen LogP contribution is -2.08. The minimum absolute atomic E-state index is 0.350. The molecule has 2 aliphatic heterocycles. The molecule has 29 heavy (non-hydrogen) atoms. The van der Waals surface area contributed by atoms with Crippen LogP contribution in [0.4, 0.5) is 0 Å². The first-order chi connectivity index (χ1) is 13.8. The van der Waals surface area contributed by atoms with Gasteiger partial charge in [0.1, 0.15) is 0 Å². The number of esters is 4. The lowest BCUT2D eigenvalue weighted by molar-refractivity contribution is -0.166. The lowest BCUT2D eigenvalue weighted by atomic mass is 9.97. The molecule has 0 fully saturated rings. The predicted octanol–water partition coefficient (Wildman–Crippen LogP) is 2.74. The fourth-order valence-corrected chi connectivity index (χ4v) is 3.37. The van der Waals surface area contributed by atoms with Gasteiger partial charge in [-0.15, -0.1) is 0 Å². The Bertz CT molecular complexity index is 967. The molecule has 2 atom stereocenters. The molecule has 2 unspecified atom stereocenters. The van der Waals surface area contributed by atoms with E-state index in [9.17, 15) is 19.2 Å². The van der Waals surface area contributed by atoms with Gasteiger partial charge in [0.2, 0.25) is 0 Å². The van der Waals surface area contributed by atoms with E-state index in [1.54, 1.807) is 36.4 Å². The minimum atomic E-state index is -1.06. The fourth-order valence-electron chi connectivity index (χ4n) is 3.37. The maximum Gasteiger partial charge on any atom is 0.342 e. The normalized spacial score (nSPS) is 19.1. The molecule has 0 aromatic heterocycles. The second-order valence-electron chi connectivity index (χ2n) is 6.71. The Morgan fingerprint density at radius 1 is 0.793 bits per heavy atom. The zero-order valence-electron chi connectivity index (χ0n) is 15.6. The monoisotopic (exact) mass is 396 g/mol. The second kappa shape index (κ2) is 7.05. The summed E-state index contributed by atoms with van der Waals surface area (Å²) >= 11 is 0. The van der Waals surface area contributed by atoms with Crippen LogP contribution in [0.1, 0.15) is 69.4 Å². The molecule has 2 aliphatic rings. The molecule has 2 heterocycles. The molecule has 8 heteroatoms. The standard InChI is InChI=1S/C21H16O8/c1-10(22)26-20-16-8-12(3-5-14(16)18(24)28-20)7-13-4-6-15-17(9-13)21(27-11(2)23)29-19(15)25/h3-6,8-9,20-21H,7H2,1-2H3. The Labute approximate surface area is 165 Å². The van der Waals surface area contributed by atoms with E-state index in [1.165, 1.54) is 13.8 Å². The third-order valence-electron chi connectivity index (χ3n) is 4.56. The molecule has 148 valence electrons. The van der Waals surface area contributed by atoms with Crippen LogP contribution in [0, 0.1) is 0 Å². The van der Waals surface area contributed by atoms with Crippen molar-refractivity contribution in [1.82, 2.24) is 0 Å². The van der Waals surface area contributed by atoms with Gasteiger partial charge >= 0.3 is 23.9 Å². The van der Waals surface area contributed by atoms with Crippen LogP contribution >= 0.6 is 0 Å². The summed E-state index contributed by atoms with van der Waals surface area (Å²) in [6.07, 6.45) is -1.66. The van der Waals surface area contributed by atoms with Crippen molar-refractivity contribution >= 4 is 23.9 Å².